The molecule has 5 rings (SSSR count). The van der Waals surface area contributed by atoms with Crippen molar-refractivity contribution in [3.8, 4) is 0 Å². The summed E-state index contributed by atoms with van der Waals surface area (Å²) in [5, 5.41) is 7.15. The van der Waals surface area contributed by atoms with Crippen LogP contribution in [0, 0.1) is 5.82 Å². The fourth-order valence-corrected chi connectivity index (χ4v) is 5.67. The Morgan fingerprint density at radius 3 is 2.75 bits per heavy atom. The Hall–Kier alpha value is -2.76. The standard InChI is InChI=1S/C24H29ClFN5O5/c1-12-7-14(29-31(12)15-3-2-4-15)11-36-24(35)27-9-13-8-17(25)16-10-30(23(34)20(16)21(13)26)18-5-6-19(32)28-22(18)33/h8,12,14-15,18,29H,2-7,9-11H2,1H3,(H,27,35)(H,28,32,33). The van der Waals surface area contributed by atoms with Gasteiger partial charge in [-0.1, -0.05) is 18.0 Å². The topological polar surface area (TPSA) is 120 Å². The number of alkyl carbamates (subject to hydrolysis) is 1. The van der Waals surface area contributed by atoms with Crippen LogP contribution in [-0.2, 0) is 27.4 Å². The normalized spacial score (nSPS) is 26.6. The number of carbonyl (C=O) groups is 4. The molecule has 3 unspecified atom stereocenters. The van der Waals surface area contributed by atoms with Crippen molar-refractivity contribution in [1.29, 1.82) is 0 Å². The van der Waals surface area contributed by atoms with Crippen LogP contribution in [0.15, 0.2) is 6.07 Å². The summed E-state index contributed by atoms with van der Waals surface area (Å²) in [4.78, 5) is 50.2. The van der Waals surface area contributed by atoms with Gasteiger partial charge in [-0.25, -0.2) is 19.6 Å². The molecule has 36 heavy (non-hydrogen) atoms. The molecule has 12 heteroatoms. The van der Waals surface area contributed by atoms with Gasteiger partial charge < -0.3 is 15.0 Å². The van der Waals surface area contributed by atoms with Crippen LogP contribution >= 0.6 is 11.6 Å². The molecular formula is C24H29ClFN5O5. The molecule has 3 N–H and O–H groups in total. The molecule has 3 fully saturated rings. The molecule has 3 atom stereocenters. The van der Waals surface area contributed by atoms with E-state index in [0.717, 1.165) is 6.42 Å². The lowest BCUT2D eigenvalue weighted by molar-refractivity contribution is -0.136. The zero-order valence-corrected chi connectivity index (χ0v) is 20.7. The SMILES string of the molecule is CC1CC(COC(=O)NCc2cc(Cl)c3c(c2F)C(=O)N(C2CCC(=O)NC2=O)C3)NN1C1CCC1. The first kappa shape index (κ1) is 24.9. The van der Waals surface area contributed by atoms with Gasteiger partial charge in [0.1, 0.15) is 18.5 Å². The summed E-state index contributed by atoms with van der Waals surface area (Å²) >= 11 is 6.35. The molecule has 1 aromatic carbocycles. The van der Waals surface area contributed by atoms with Crippen LogP contribution in [0.3, 0.4) is 0 Å². The van der Waals surface area contributed by atoms with E-state index in [-0.39, 0.29) is 60.3 Å². The van der Waals surface area contributed by atoms with Gasteiger partial charge in [-0.05, 0) is 38.7 Å². The molecule has 0 radical (unpaired) electrons. The molecule has 1 saturated carbocycles. The maximum absolute atomic E-state index is 15.3. The van der Waals surface area contributed by atoms with E-state index in [4.69, 9.17) is 16.3 Å². The second-order valence-electron chi connectivity index (χ2n) is 9.94. The second kappa shape index (κ2) is 9.95. The van der Waals surface area contributed by atoms with E-state index < -0.39 is 35.7 Å². The Morgan fingerprint density at radius 1 is 1.28 bits per heavy atom. The molecule has 194 valence electrons. The number of nitrogens with zero attached hydrogens (tertiary/aromatic N) is 2. The lowest BCUT2D eigenvalue weighted by atomic mass is 9.92. The summed E-state index contributed by atoms with van der Waals surface area (Å²) in [7, 11) is 0. The van der Waals surface area contributed by atoms with Crippen molar-refractivity contribution in [3.05, 3.63) is 33.6 Å². The Morgan fingerprint density at radius 2 is 2.06 bits per heavy atom. The molecule has 4 aliphatic rings. The van der Waals surface area contributed by atoms with Crippen LogP contribution in [0.25, 0.3) is 0 Å². The van der Waals surface area contributed by atoms with Crippen LogP contribution in [0.1, 0.15) is 66.9 Å². The van der Waals surface area contributed by atoms with Crippen molar-refractivity contribution >= 4 is 35.4 Å². The molecule has 3 heterocycles. The molecule has 1 aliphatic carbocycles. The number of ether oxygens (including phenoxy) is 1. The van der Waals surface area contributed by atoms with Crippen molar-refractivity contribution in [2.24, 2.45) is 0 Å². The van der Waals surface area contributed by atoms with E-state index >= 15 is 4.39 Å². The number of fused-ring (bicyclic) bond motifs is 1. The lowest BCUT2D eigenvalue weighted by Crippen LogP contribution is -2.52. The first-order valence-corrected chi connectivity index (χ1v) is 12.7. The fraction of sp³-hybridized carbons (Fsp3) is 0.583. The Kier molecular flexibility index (Phi) is 6.88. The van der Waals surface area contributed by atoms with Gasteiger partial charge in [0.2, 0.25) is 11.8 Å². The maximum atomic E-state index is 15.3. The number of nitrogens with one attached hydrogen (secondary N) is 3. The molecule has 0 spiro atoms. The molecule has 1 aromatic rings. The van der Waals surface area contributed by atoms with Crippen molar-refractivity contribution in [2.75, 3.05) is 6.61 Å². The summed E-state index contributed by atoms with van der Waals surface area (Å²) in [6.45, 7) is 2.09. The monoisotopic (exact) mass is 521 g/mol. The molecular weight excluding hydrogens is 493 g/mol. The fourth-order valence-electron chi connectivity index (χ4n) is 5.39. The van der Waals surface area contributed by atoms with Crippen molar-refractivity contribution in [3.63, 3.8) is 0 Å². The summed E-state index contributed by atoms with van der Waals surface area (Å²) in [6.07, 6.45) is 4.02. The van der Waals surface area contributed by atoms with Gasteiger partial charge in [0.15, 0.2) is 0 Å². The lowest BCUT2D eigenvalue weighted by Gasteiger charge is -2.37. The van der Waals surface area contributed by atoms with Crippen LogP contribution in [0.5, 0.6) is 0 Å². The minimum Gasteiger partial charge on any atom is -0.448 e. The number of carbonyl (C=O) groups excluding carboxylic acids is 4. The quantitative estimate of drug-likeness (QED) is 0.490. The highest BCUT2D eigenvalue weighted by molar-refractivity contribution is 6.32. The molecule has 3 aliphatic heterocycles. The summed E-state index contributed by atoms with van der Waals surface area (Å²) in [5.74, 6) is -2.45. The summed E-state index contributed by atoms with van der Waals surface area (Å²) < 4.78 is 20.7. The molecule has 10 nitrogen and oxygen atoms in total. The third-order valence-electron chi connectivity index (χ3n) is 7.52. The molecule has 0 bridgehead atoms. The van der Waals surface area contributed by atoms with Crippen LogP contribution in [0.2, 0.25) is 5.02 Å². The predicted molar refractivity (Wildman–Crippen MR) is 126 cm³/mol. The largest absolute Gasteiger partial charge is 0.448 e. The van der Waals surface area contributed by atoms with E-state index in [0.29, 0.717) is 12.1 Å². The maximum Gasteiger partial charge on any atom is 0.407 e. The minimum absolute atomic E-state index is 0.0217. The van der Waals surface area contributed by atoms with E-state index in [1.807, 2.05) is 0 Å². The van der Waals surface area contributed by atoms with E-state index in [1.165, 1.54) is 30.2 Å². The van der Waals surface area contributed by atoms with Gasteiger partial charge in [-0.15, -0.1) is 0 Å². The smallest absolute Gasteiger partial charge is 0.407 e. The molecule has 0 aromatic heterocycles. The highest BCUT2D eigenvalue weighted by Gasteiger charge is 2.42. The highest BCUT2D eigenvalue weighted by atomic mass is 35.5. The van der Waals surface area contributed by atoms with Crippen molar-refractivity contribution in [2.45, 2.75) is 82.7 Å². The molecule has 2 saturated heterocycles. The number of hydrogen-bond donors (Lipinski definition) is 3. The number of hydrogen-bond acceptors (Lipinski definition) is 7. The predicted octanol–water partition coefficient (Wildman–Crippen LogP) is 1.99. The van der Waals surface area contributed by atoms with Gasteiger partial charge in [-0.3, -0.25) is 19.7 Å². The number of halogens is 2. The average Bonchev–Trinajstić information content (AvgIpc) is 3.33. The van der Waals surface area contributed by atoms with Crippen LogP contribution in [0.4, 0.5) is 9.18 Å². The van der Waals surface area contributed by atoms with Gasteiger partial charge in [-0.2, -0.15) is 0 Å². The van der Waals surface area contributed by atoms with E-state index in [9.17, 15) is 19.2 Å². The van der Waals surface area contributed by atoms with Crippen molar-refractivity contribution in [1.82, 2.24) is 26.0 Å². The summed E-state index contributed by atoms with van der Waals surface area (Å²) in [6, 6.07) is 1.43. The Balaban J connectivity index is 1.18. The minimum atomic E-state index is -0.873. The van der Waals surface area contributed by atoms with Gasteiger partial charge in [0.05, 0.1) is 11.6 Å². The Labute approximate surface area is 212 Å². The number of imide groups is 1. The molecule has 4 amide bonds. The van der Waals surface area contributed by atoms with Gasteiger partial charge in [0, 0.05) is 47.7 Å². The highest BCUT2D eigenvalue weighted by Crippen LogP contribution is 2.35. The van der Waals surface area contributed by atoms with Gasteiger partial charge >= 0.3 is 6.09 Å². The van der Waals surface area contributed by atoms with Crippen LogP contribution < -0.4 is 16.1 Å². The number of benzene rings is 1. The summed E-state index contributed by atoms with van der Waals surface area (Å²) in [5.41, 5.74) is 3.53. The second-order valence-corrected chi connectivity index (χ2v) is 10.3. The number of piperidine rings is 1. The first-order valence-electron chi connectivity index (χ1n) is 12.3. The van der Waals surface area contributed by atoms with Crippen LogP contribution in [-0.4, -0.2) is 64.5 Å². The average molecular weight is 522 g/mol. The zero-order chi connectivity index (χ0) is 25.6. The van der Waals surface area contributed by atoms with Crippen molar-refractivity contribution < 1.29 is 28.3 Å². The van der Waals surface area contributed by atoms with E-state index in [1.54, 1.807) is 0 Å². The third kappa shape index (κ3) is 4.67. The Bertz CT molecular complexity index is 1110. The van der Waals surface area contributed by atoms with Gasteiger partial charge in [0.25, 0.3) is 5.91 Å². The number of amides is 4. The van der Waals surface area contributed by atoms with E-state index in [2.05, 4.69) is 28.0 Å². The number of rotatable bonds is 6. The third-order valence-corrected chi connectivity index (χ3v) is 7.86. The number of hydrazine groups is 1. The zero-order valence-electron chi connectivity index (χ0n) is 19.9. The first-order chi connectivity index (χ1) is 17.2.